The van der Waals surface area contributed by atoms with Gasteiger partial charge in [0.05, 0.1) is 11.5 Å². The van der Waals surface area contributed by atoms with E-state index in [1.807, 2.05) is 25.7 Å². The van der Waals surface area contributed by atoms with Crippen molar-refractivity contribution >= 4 is 17.1 Å². The van der Waals surface area contributed by atoms with Crippen LogP contribution in [0, 0.1) is 10.1 Å². The van der Waals surface area contributed by atoms with Gasteiger partial charge in [-0.25, -0.2) is 0 Å². The van der Waals surface area contributed by atoms with Crippen molar-refractivity contribution in [2.75, 3.05) is 29.9 Å². The molecule has 0 saturated carbocycles. The Labute approximate surface area is 119 Å². The van der Waals surface area contributed by atoms with Crippen LogP contribution < -0.4 is 10.2 Å². The van der Waals surface area contributed by atoms with Gasteiger partial charge in [-0.05, 0) is 32.4 Å². The number of nitrogens with zero attached hydrogens (tertiary/aromatic N) is 2. The summed E-state index contributed by atoms with van der Waals surface area (Å²) in [6, 6.07) is 5.31. The number of nitrogens with one attached hydrogen (secondary N) is 1. The van der Waals surface area contributed by atoms with Crippen molar-refractivity contribution in [2.45, 2.75) is 33.2 Å². The Morgan fingerprint density at radius 2 is 2.15 bits per heavy atom. The number of hydrogen-bond acceptors (Lipinski definition) is 5. The second-order valence-electron chi connectivity index (χ2n) is 4.87. The van der Waals surface area contributed by atoms with E-state index in [0.29, 0.717) is 24.5 Å². The molecule has 1 rings (SSSR count). The molecular formula is C14H23N3O3. The van der Waals surface area contributed by atoms with Crippen molar-refractivity contribution in [3.63, 3.8) is 0 Å². The summed E-state index contributed by atoms with van der Waals surface area (Å²) >= 11 is 0. The molecule has 0 heterocycles. The van der Waals surface area contributed by atoms with Crippen LogP contribution >= 0.6 is 0 Å². The van der Waals surface area contributed by atoms with E-state index in [0.717, 1.165) is 6.42 Å². The fraction of sp³-hybridized carbons (Fsp3) is 0.571. The average Bonchev–Trinajstić information content (AvgIpc) is 2.41. The maximum absolute atomic E-state index is 11.4. The normalized spacial score (nSPS) is 10.7. The van der Waals surface area contributed by atoms with Gasteiger partial charge in [-0.15, -0.1) is 0 Å². The molecule has 0 saturated heterocycles. The molecule has 6 nitrogen and oxygen atoms in total. The maximum Gasteiger partial charge on any atom is 0.315 e. The van der Waals surface area contributed by atoms with E-state index in [-0.39, 0.29) is 23.3 Å². The molecular weight excluding hydrogens is 258 g/mol. The van der Waals surface area contributed by atoms with E-state index in [9.17, 15) is 10.1 Å². The highest BCUT2D eigenvalue weighted by molar-refractivity contribution is 5.77. The summed E-state index contributed by atoms with van der Waals surface area (Å²) < 4.78 is 0. The van der Waals surface area contributed by atoms with Gasteiger partial charge in [-0.3, -0.25) is 10.1 Å². The van der Waals surface area contributed by atoms with Crippen molar-refractivity contribution < 1.29 is 10.0 Å². The first-order chi connectivity index (χ1) is 9.52. The van der Waals surface area contributed by atoms with Crippen LogP contribution in [0.15, 0.2) is 18.2 Å². The number of aliphatic hydroxyl groups excluding tert-OH is 1. The summed E-state index contributed by atoms with van der Waals surface area (Å²) in [7, 11) is 0. The molecule has 2 N–H and O–H groups in total. The number of nitro groups is 1. The molecule has 1 aromatic carbocycles. The highest BCUT2D eigenvalue weighted by Gasteiger charge is 2.24. The highest BCUT2D eigenvalue weighted by atomic mass is 16.6. The summed E-state index contributed by atoms with van der Waals surface area (Å²) in [6.07, 6.45) is 0.895. The van der Waals surface area contributed by atoms with Crippen molar-refractivity contribution in [3.05, 3.63) is 28.3 Å². The zero-order valence-electron chi connectivity index (χ0n) is 12.3. The molecule has 0 aromatic heterocycles. The van der Waals surface area contributed by atoms with E-state index in [4.69, 9.17) is 5.11 Å². The van der Waals surface area contributed by atoms with E-state index in [1.54, 1.807) is 18.2 Å². The number of hydrogen-bond donors (Lipinski definition) is 2. The first-order valence-electron chi connectivity index (χ1n) is 6.91. The predicted octanol–water partition coefficient (Wildman–Crippen LogP) is 2.62. The zero-order chi connectivity index (χ0) is 15.1. The number of nitro benzene ring substituents is 1. The Balaban J connectivity index is 3.26. The van der Waals surface area contributed by atoms with Gasteiger partial charge in [0.15, 0.2) is 0 Å². The average molecular weight is 281 g/mol. The van der Waals surface area contributed by atoms with Gasteiger partial charge in [0.2, 0.25) is 0 Å². The van der Waals surface area contributed by atoms with E-state index in [1.165, 1.54) is 0 Å². The molecule has 6 heteroatoms. The fourth-order valence-electron chi connectivity index (χ4n) is 2.12. The minimum Gasteiger partial charge on any atom is -0.395 e. The molecule has 0 aliphatic carbocycles. The van der Waals surface area contributed by atoms with Crippen LogP contribution in [0.1, 0.15) is 27.2 Å². The van der Waals surface area contributed by atoms with Crippen LogP contribution in [0.4, 0.5) is 17.1 Å². The predicted molar refractivity (Wildman–Crippen MR) is 81.4 cm³/mol. The molecule has 0 spiro atoms. The van der Waals surface area contributed by atoms with Crippen molar-refractivity contribution in [3.8, 4) is 0 Å². The number of para-hydroxylation sites is 1. The number of benzene rings is 1. The largest absolute Gasteiger partial charge is 0.395 e. The Kier molecular flexibility index (Phi) is 6.24. The lowest BCUT2D eigenvalue weighted by molar-refractivity contribution is -0.383. The summed E-state index contributed by atoms with van der Waals surface area (Å²) in [4.78, 5) is 12.9. The SMILES string of the molecule is CCCNc1cccc(N(CCO)C(C)C)c1[N+](=O)[O-]. The van der Waals surface area contributed by atoms with Crippen LogP contribution in [0.2, 0.25) is 0 Å². The lowest BCUT2D eigenvalue weighted by Crippen LogP contribution is -2.34. The molecule has 0 unspecified atom stereocenters. The molecule has 0 aliphatic heterocycles. The summed E-state index contributed by atoms with van der Waals surface area (Å²) in [5.41, 5.74) is 1.14. The van der Waals surface area contributed by atoms with Gasteiger partial charge in [-0.1, -0.05) is 13.0 Å². The lowest BCUT2D eigenvalue weighted by Gasteiger charge is -2.28. The van der Waals surface area contributed by atoms with Gasteiger partial charge in [0, 0.05) is 19.1 Å². The van der Waals surface area contributed by atoms with Crippen LogP contribution in [0.5, 0.6) is 0 Å². The van der Waals surface area contributed by atoms with Gasteiger partial charge >= 0.3 is 5.69 Å². The second-order valence-corrected chi connectivity index (χ2v) is 4.87. The fourth-order valence-corrected chi connectivity index (χ4v) is 2.12. The summed E-state index contributed by atoms with van der Waals surface area (Å²) in [5.74, 6) is 0. The maximum atomic E-state index is 11.4. The zero-order valence-corrected chi connectivity index (χ0v) is 12.3. The molecule has 0 atom stereocenters. The van der Waals surface area contributed by atoms with E-state index in [2.05, 4.69) is 5.32 Å². The molecule has 112 valence electrons. The number of anilines is 2. The number of rotatable bonds is 8. The quantitative estimate of drug-likeness (QED) is 0.565. The third-order valence-corrected chi connectivity index (χ3v) is 3.04. The van der Waals surface area contributed by atoms with Gasteiger partial charge in [0.25, 0.3) is 0 Å². The van der Waals surface area contributed by atoms with Crippen molar-refractivity contribution in [1.82, 2.24) is 0 Å². The minimum atomic E-state index is -0.361. The Morgan fingerprint density at radius 3 is 2.65 bits per heavy atom. The lowest BCUT2D eigenvalue weighted by atomic mass is 10.1. The van der Waals surface area contributed by atoms with Crippen molar-refractivity contribution in [1.29, 1.82) is 0 Å². The Morgan fingerprint density at radius 1 is 1.45 bits per heavy atom. The third kappa shape index (κ3) is 3.84. The first kappa shape index (κ1) is 16.2. The Hall–Kier alpha value is -1.82. The molecule has 1 aromatic rings. The third-order valence-electron chi connectivity index (χ3n) is 3.04. The Bertz CT molecular complexity index is 449. The van der Waals surface area contributed by atoms with Crippen LogP contribution in [-0.4, -0.2) is 35.8 Å². The molecule has 0 radical (unpaired) electrons. The highest BCUT2D eigenvalue weighted by Crippen LogP contribution is 2.36. The number of aliphatic hydroxyl groups is 1. The second kappa shape index (κ2) is 7.69. The van der Waals surface area contributed by atoms with Gasteiger partial charge in [-0.2, -0.15) is 0 Å². The topological polar surface area (TPSA) is 78.6 Å². The smallest absolute Gasteiger partial charge is 0.315 e. The monoisotopic (exact) mass is 281 g/mol. The summed E-state index contributed by atoms with van der Waals surface area (Å²) in [5, 5.41) is 23.7. The van der Waals surface area contributed by atoms with E-state index >= 15 is 0 Å². The standard InChI is InChI=1S/C14H23N3O3/c1-4-8-15-12-6-5-7-13(14(12)17(19)20)16(9-10-18)11(2)3/h5-7,11,15,18H,4,8-10H2,1-3H3. The van der Waals surface area contributed by atoms with Crippen LogP contribution in [0.3, 0.4) is 0 Å². The minimum absolute atomic E-state index is 0.0397. The first-order valence-corrected chi connectivity index (χ1v) is 6.91. The molecule has 0 aliphatic rings. The summed E-state index contributed by atoms with van der Waals surface area (Å²) in [6.45, 7) is 6.93. The molecule has 0 bridgehead atoms. The molecule has 20 heavy (non-hydrogen) atoms. The van der Waals surface area contributed by atoms with Gasteiger partial charge < -0.3 is 15.3 Å². The van der Waals surface area contributed by atoms with E-state index < -0.39 is 0 Å². The van der Waals surface area contributed by atoms with Crippen LogP contribution in [-0.2, 0) is 0 Å². The van der Waals surface area contributed by atoms with Crippen molar-refractivity contribution in [2.24, 2.45) is 0 Å². The van der Waals surface area contributed by atoms with Crippen LogP contribution in [0.25, 0.3) is 0 Å². The molecule has 0 amide bonds. The molecule has 0 fully saturated rings. The van der Waals surface area contributed by atoms with Gasteiger partial charge in [0.1, 0.15) is 11.4 Å².